The Kier molecular flexibility index (Phi) is 3.53. The molecule has 78 valence electrons. The van der Waals surface area contributed by atoms with Crippen LogP contribution in [0.25, 0.3) is 0 Å². The molecule has 0 radical (unpaired) electrons. The molecule has 0 saturated carbocycles. The largest absolute Gasteiger partial charge is 0.447 e. The van der Waals surface area contributed by atoms with Gasteiger partial charge >= 0.3 is 0 Å². The van der Waals surface area contributed by atoms with Gasteiger partial charge in [-0.05, 0) is 11.6 Å². The summed E-state index contributed by atoms with van der Waals surface area (Å²) in [6.45, 7) is 1.50. The Morgan fingerprint density at radius 2 is 2.13 bits per heavy atom. The summed E-state index contributed by atoms with van der Waals surface area (Å²) in [7, 11) is 0. The molecule has 0 aliphatic carbocycles. The van der Waals surface area contributed by atoms with Crippen LogP contribution in [0.1, 0.15) is 11.3 Å². The van der Waals surface area contributed by atoms with Crippen LogP contribution in [0.4, 0.5) is 0 Å². The monoisotopic (exact) mass is 266 g/mol. The van der Waals surface area contributed by atoms with Gasteiger partial charge in [0.15, 0.2) is 6.39 Å². The number of nitrogens with zero attached hydrogens (tertiary/aromatic N) is 1. The van der Waals surface area contributed by atoms with Gasteiger partial charge in [-0.15, -0.1) is 0 Å². The Labute approximate surface area is 96.6 Å². The molecule has 0 aliphatic heterocycles. The van der Waals surface area contributed by atoms with Gasteiger partial charge in [-0.3, -0.25) is 0 Å². The fraction of sp³-hybridized carbons (Fsp3) is 0.182. The molecular formula is C11H11BrN2O. The van der Waals surface area contributed by atoms with Crippen molar-refractivity contribution in [3.63, 3.8) is 0 Å². The van der Waals surface area contributed by atoms with E-state index in [-0.39, 0.29) is 0 Å². The highest BCUT2D eigenvalue weighted by atomic mass is 79.9. The van der Waals surface area contributed by atoms with Crippen LogP contribution in [0.15, 0.2) is 45.7 Å². The van der Waals surface area contributed by atoms with Crippen LogP contribution in [0.3, 0.4) is 0 Å². The molecule has 2 rings (SSSR count). The minimum absolute atomic E-state index is 0.696. The molecule has 2 aromatic rings. The zero-order valence-corrected chi connectivity index (χ0v) is 9.70. The second-order valence-corrected chi connectivity index (χ2v) is 4.02. The van der Waals surface area contributed by atoms with Crippen molar-refractivity contribution in [1.29, 1.82) is 0 Å². The van der Waals surface area contributed by atoms with Gasteiger partial charge in [0, 0.05) is 11.0 Å². The highest BCUT2D eigenvalue weighted by Crippen LogP contribution is 2.15. The first kappa shape index (κ1) is 10.4. The van der Waals surface area contributed by atoms with Crippen LogP contribution in [-0.4, -0.2) is 4.98 Å². The van der Waals surface area contributed by atoms with E-state index in [0.717, 1.165) is 16.8 Å². The van der Waals surface area contributed by atoms with Crippen molar-refractivity contribution in [2.24, 2.45) is 0 Å². The Balaban J connectivity index is 1.86. The molecule has 0 saturated heterocycles. The lowest BCUT2D eigenvalue weighted by atomic mass is 10.2. The number of halogens is 1. The maximum atomic E-state index is 5.12. The fourth-order valence-electron chi connectivity index (χ4n) is 1.29. The second-order valence-electron chi connectivity index (χ2n) is 3.16. The van der Waals surface area contributed by atoms with Crippen LogP contribution in [0.2, 0.25) is 0 Å². The molecule has 0 amide bonds. The number of aromatic nitrogens is 1. The molecule has 0 spiro atoms. The molecule has 0 unspecified atom stereocenters. The Hall–Kier alpha value is -1.13. The summed E-state index contributed by atoms with van der Waals surface area (Å²) in [5, 5.41) is 3.28. The second kappa shape index (κ2) is 5.09. The third-order valence-corrected chi connectivity index (χ3v) is 2.83. The van der Waals surface area contributed by atoms with E-state index in [9.17, 15) is 0 Å². The summed E-state index contributed by atoms with van der Waals surface area (Å²) in [6.07, 6.45) is 3.16. The van der Waals surface area contributed by atoms with Crippen LogP contribution >= 0.6 is 15.9 Å². The number of benzene rings is 1. The van der Waals surface area contributed by atoms with Crippen LogP contribution in [-0.2, 0) is 13.1 Å². The third-order valence-electron chi connectivity index (χ3n) is 2.06. The highest BCUT2D eigenvalue weighted by Gasteiger charge is 1.99. The summed E-state index contributed by atoms with van der Waals surface area (Å²) in [4.78, 5) is 3.85. The molecule has 1 N–H and O–H groups in total. The normalized spacial score (nSPS) is 10.5. The number of nitrogens with one attached hydrogen (secondary N) is 1. The molecule has 0 bridgehead atoms. The molecular weight excluding hydrogens is 256 g/mol. The first-order valence-corrected chi connectivity index (χ1v) is 5.47. The zero-order valence-electron chi connectivity index (χ0n) is 8.11. The van der Waals surface area contributed by atoms with E-state index in [0.29, 0.717) is 6.54 Å². The molecule has 0 fully saturated rings. The first-order valence-electron chi connectivity index (χ1n) is 4.68. The number of rotatable bonds is 4. The summed E-state index contributed by atoms with van der Waals surface area (Å²) < 4.78 is 6.24. The van der Waals surface area contributed by atoms with Gasteiger partial charge in [-0.25, -0.2) is 4.98 Å². The predicted octanol–water partition coefficient (Wildman–Crippen LogP) is 2.73. The molecule has 3 nitrogen and oxygen atoms in total. The minimum Gasteiger partial charge on any atom is -0.447 e. The molecule has 4 heteroatoms. The van der Waals surface area contributed by atoms with Crippen molar-refractivity contribution in [2.45, 2.75) is 13.1 Å². The first-order chi connectivity index (χ1) is 7.36. The minimum atomic E-state index is 0.696. The lowest BCUT2D eigenvalue weighted by molar-refractivity contribution is 0.479. The molecule has 0 aliphatic rings. The number of hydrogen-bond donors (Lipinski definition) is 1. The van der Waals surface area contributed by atoms with Crippen LogP contribution in [0, 0.1) is 0 Å². The standard InChI is InChI=1S/C11H11BrN2O/c12-11-4-2-1-3-9(11)5-13-6-10-7-14-8-15-10/h1-4,7-8,13H,5-6H2. The Bertz CT molecular complexity index is 414. The maximum absolute atomic E-state index is 5.12. The van der Waals surface area contributed by atoms with E-state index in [1.54, 1.807) is 6.20 Å². The van der Waals surface area contributed by atoms with Crippen molar-refractivity contribution in [3.05, 3.63) is 52.7 Å². The third kappa shape index (κ3) is 2.91. The molecule has 15 heavy (non-hydrogen) atoms. The fourth-order valence-corrected chi connectivity index (χ4v) is 1.72. The van der Waals surface area contributed by atoms with Crippen LogP contribution < -0.4 is 5.32 Å². The zero-order chi connectivity index (χ0) is 10.5. The van der Waals surface area contributed by atoms with Crippen molar-refractivity contribution in [3.8, 4) is 0 Å². The molecule has 1 aromatic carbocycles. The SMILES string of the molecule is Brc1ccccc1CNCc1cnco1. The topological polar surface area (TPSA) is 38.1 Å². The van der Waals surface area contributed by atoms with Crippen molar-refractivity contribution in [1.82, 2.24) is 10.3 Å². The van der Waals surface area contributed by atoms with Crippen molar-refractivity contribution < 1.29 is 4.42 Å². The van der Waals surface area contributed by atoms with Gasteiger partial charge in [0.05, 0.1) is 12.7 Å². The molecule has 1 heterocycles. The van der Waals surface area contributed by atoms with E-state index in [1.807, 2.05) is 18.2 Å². The van der Waals surface area contributed by atoms with E-state index >= 15 is 0 Å². The van der Waals surface area contributed by atoms with Gasteiger partial charge in [-0.2, -0.15) is 0 Å². The molecule has 0 atom stereocenters. The summed E-state index contributed by atoms with van der Waals surface area (Å²) in [5.74, 6) is 0.849. The Morgan fingerprint density at radius 1 is 1.27 bits per heavy atom. The van der Waals surface area contributed by atoms with E-state index < -0.39 is 0 Å². The van der Waals surface area contributed by atoms with Gasteiger partial charge in [0.1, 0.15) is 5.76 Å². The van der Waals surface area contributed by atoms with Crippen LogP contribution in [0.5, 0.6) is 0 Å². The van der Waals surface area contributed by atoms with E-state index in [2.05, 4.69) is 32.3 Å². The highest BCUT2D eigenvalue weighted by molar-refractivity contribution is 9.10. The number of oxazole rings is 1. The van der Waals surface area contributed by atoms with Gasteiger partial charge in [-0.1, -0.05) is 34.1 Å². The van der Waals surface area contributed by atoms with Crippen molar-refractivity contribution in [2.75, 3.05) is 0 Å². The maximum Gasteiger partial charge on any atom is 0.180 e. The Morgan fingerprint density at radius 3 is 2.87 bits per heavy atom. The van der Waals surface area contributed by atoms with E-state index in [1.165, 1.54) is 12.0 Å². The van der Waals surface area contributed by atoms with E-state index in [4.69, 9.17) is 4.42 Å². The average molecular weight is 267 g/mol. The van der Waals surface area contributed by atoms with Gasteiger partial charge < -0.3 is 9.73 Å². The lowest BCUT2D eigenvalue weighted by Gasteiger charge is -2.04. The van der Waals surface area contributed by atoms with Gasteiger partial charge in [0.25, 0.3) is 0 Å². The van der Waals surface area contributed by atoms with Crippen molar-refractivity contribution >= 4 is 15.9 Å². The number of hydrogen-bond acceptors (Lipinski definition) is 3. The summed E-state index contributed by atoms with van der Waals surface area (Å²) in [5.41, 5.74) is 1.23. The summed E-state index contributed by atoms with van der Waals surface area (Å²) in [6, 6.07) is 8.14. The van der Waals surface area contributed by atoms with Gasteiger partial charge in [0.2, 0.25) is 0 Å². The predicted molar refractivity (Wildman–Crippen MR) is 61.2 cm³/mol. The quantitative estimate of drug-likeness (QED) is 0.925. The smallest absolute Gasteiger partial charge is 0.180 e. The summed E-state index contributed by atoms with van der Waals surface area (Å²) >= 11 is 3.50. The lowest BCUT2D eigenvalue weighted by Crippen LogP contribution is -2.12. The average Bonchev–Trinajstić information content (AvgIpc) is 2.74. The molecule has 1 aromatic heterocycles.